The molecule has 2 rings (SSSR count). The van der Waals surface area contributed by atoms with E-state index in [1.807, 2.05) is 0 Å². The van der Waals surface area contributed by atoms with Crippen molar-refractivity contribution in [2.24, 2.45) is 5.92 Å². The van der Waals surface area contributed by atoms with Crippen molar-refractivity contribution in [3.63, 3.8) is 0 Å². The van der Waals surface area contributed by atoms with Crippen LogP contribution >= 0.6 is 0 Å². The van der Waals surface area contributed by atoms with Crippen LogP contribution in [-0.4, -0.2) is 30.1 Å². The number of aliphatic hydroxyl groups excluding tert-OH is 1. The first-order chi connectivity index (χ1) is 12.7. The molecule has 1 saturated carbocycles. The van der Waals surface area contributed by atoms with Crippen molar-refractivity contribution in [2.45, 2.75) is 83.2 Å². The molecule has 3 unspecified atom stereocenters. The lowest BCUT2D eigenvalue weighted by atomic mass is 9.81. The fourth-order valence-electron chi connectivity index (χ4n) is 4.04. The Balaban J connectivity index is 1.92. The Morgan fingerprint density at radius 1 is 1.11 bits per heavy atom. The summed E-state index contributed by atoms with van der Waals surface area (Å²) < 4.78 is 4.64. The van der Waals surface area contributed by atoms with Crippen LogP contribution < -0.4 is 0 Å². The summed E-state index contributed by atoms with van der Waals surface area (Å²) in [5, 5.41) is 10.5. The number of methoxy groups -OCH3 is 1. The number of rotatable bonds is 8. The first-order valence-corrected chi connectivity index (χ1v) is 10.1. The smallest absolute Gasteiger partial charge is 0.305 e. The predicted octanol–water partition coefficient (Wildman–Crippen LogP) is 4.53. The van der Waals surface area contributed by atoms with E-state index in [0.717, 1.165) is 37.7 Å². The van der Waals surface area contributed by atoms with E-state index in [4.69, 9.17) is 0 Å². The summed E-state index contributed by atoms with van der Waals surface area (Å²) in [5.41, 5.74) is 2.41. The summed E-state index contributed by atoms with van der Waals surface area (Å²) in [7, 11) is 1.41. The minimum Gasteiger partial charge on any atom is -0.469 e. The quantitative estimate of drug-likeness (QED) is 0.536. The zero-order valence-corrected chi connectivity index (χ0v) is 17.2. The van der Waals surface area contributed by atoms with Gasteiger partial charge in [0.15, 0.2) is 0 Å². The molecule has 0 saturated heterocycles. The minimum absolute atomic E-state index is 0.0895. The molecule has 1 aromatic carbocycles. The number of unbranched alkanes of at least 4 members (excludes halogenated alkanes) is 3. The van der Waals surface area contributed by atoms with Crippen molar-refractivity contribution in [1.29, 1.82) is 0 Å². The Labute approximate surface area is 163 Å². The largest absolute Gasteiger partial charge is 0.469 e. The fourth-order valence-corrected chi connectivity index (χ4v) is 4.04. The molecule has 0 amide bonds. The summed E-state index contributed by atoms with van der Waals surface area (Å²) in [5.74, 6) is -0.174. The van der Waals surface area contributed by atoms with Crippen LogP contribution in [0.1, 0.15) is 82.8 Å². The maximum absolute atomic E-state index is 12.4. The third-order valence-electron chi connectivity index (χ3n) is 5.71. The third-order valence-corrected chi connectivity index (χ3v) is 5.71. The highest BCUT2D eigenvalue weighted by molar-refractivity contribution is 5.85. The highest BCUT2D eigenvalue weighted by atomic mass is 16.5. The molecule has 1 N–H and O–H groups in total. The van der Waals surface area contributed by atoms with Crippen LogP contribution in [-0.2, 0) is 19.7 Å². The van der Waals surface area contributed by atoms with Crippen LogP contribution in [0.2, 0.25) is 0 Å². The zero-order chi connectivity index (χ0) is 20.0. The number of carbonyl (C=O) groups is 2. The summed E-state index contributed by atoms with van der Waals surface area (Å²) in [4.78, 5) is 23.5. The van der Waals surface area contributed by atoms with Gasteiger partial charge in [-0.1, -0.05) is 64.3 Å². The second kappa shape index (κ2) is 9.50. The van der Waals surface area contributed by atoms with Gasteiger partial charge >= 0.3 is 5.97 Å². The van der Waals surface area contributed by atoms with E-state index in [2.05, 4.69) is 49.8 Å². The van der Waals surface area contributed by atoms with Gasteiger partial charge in [-0.2, -0.15) is 0 Å². The van der Waals surface area contributed by atoms with Gasteiger partial charge in [0.05, 0.1) is 13.2 Å². The Hall–Kier alpha value is -1.68. The maximum Gasteiger partial charge on any atom is 0.305 e. The van der Waals surface area contributed by atoms with Gasteiger partial charge in [0.1, 0.15) is 5.78 Å². The molecular weight excluding hydrogens is 340 g/mol. The average Bonchev–Trinajstić information content (AvgIpc) is 2.90. The van der Waals surface area contributed by atoms with Gasteiger partial charge in [-0.25, -0.2) is 0 Å². The molecule has 4 nitrogen and oxygen atoms in total. The number of Topliss-reactive ketones (excluding diaryl/α,β-unsaturated/α-hetero) is 1. The highest BCUT2D eigenvalue weighted by Crippen LogP contribution is 2.41. The average molecular weight is 375 g/mol. The molecule has 27 heavy (non-hydrogen) atoms. The van der Waals surface area contributed by atoms with E-state index in [1.165, 1.54) is 12.7 Å². The molecule has 0 aromatic heterocycles. The van der Waals surface area contributed by atoms with Crippen molar-refractivity contribution in [1.82, 2.24) is 0 Å². The Morgan fingerprint density at radius 2 is 1.74 bits per heavy atom. The van der Waals surface area contributed by atoms with Crippen LogP contribution in [0, 0.1) is 5.92 Å². The number of ether oxygens (including phenoxy) is 1. The van der Waals surface area contributed by atoms with E-state index in [-0.39, 0.29) is 35.4 Å². The lowest BCUT2D eigenvalue weighted by Crippen LogP contribution is -2.19. The predicted molar refractivity (Wildman–Crippen MR) is 107 cm³/mol. The Kier molecular flexibility index (Phi) is 7.60. The van der Waals surface area contributed by atoms with E-state index < -0.39 is 6.10 Å². The second-order valence-electron chi connectivity index (χ2n) is 8.77. The molecule has 1 aliphatic carbocycles. The molecule has 1 fully saturated rings. The molecule has 150 valence electrons. The number of hydrogen-bond acceptors (Lipinski definition) is 4. The van der Waals surface area contributed by atoms with Crippen molar-refractivity contribution in [2.75, 3.05) is 7.11 Å². The van der Waals surface area contributed by atoms with E-state index in [9.17, 15) is 14.7 Å². The molecule has 1 aliphatic rings. The monoisotopic (exact) mass is 374 g/mol. The van der Waals surface area contributed by atoms with Crippen molar-refractivity contribution in [3.8, 4) is 0 Å². The number of hydrogen-bond donors (Lipinski definition) is 1. The second-order valence-corrected chi connectivity index (χ2v) is 8.77. The number of aliphatic hydroxyl groups is 1. The lowest BCUT2D eigenvalue weighted by molar-refractivity contribution is -0.140. The van der Waals surface area contributed by atoms with Crippen LogP contribution in [0.15, 0.2) is 24.3 Å². The molecule has 0 radical (unpaired) electrons. The molecule has 0 aliphatic heterocycles. The molecule has 0 spiro atoms. The Morgan fingerprint density at radius 3 is 2.33 bits per heavy atom. The van der Waals surface area contributed by atoms with Crippen LogP contribution in [0.4, 0.5) is 0 Å². The first-order valence-electron chi connectivity index (χ1n) is 10.1. The number of esters is 1. The van der Waals surface area contributed by atoms with E-state index in [0.29, 0.717) is 6.42 Å². The standard InChI is InChI=1S/C23H34O4/c1-23(2,3)17-13-11-16(12-14-17)22-18(19(24)15-20(22)25)9-7-5-6-8-10-21(26)27-4/h11-14,18,20,22,25H,5-10,15H2,1-4H3. The van der Waals surface area contributed by atoms with Gasteiger partial charge in [-0.15, -0.1) is 0 Å². The molecule has 0 bridgehead atoms. The number of benzene rings is 1. The normalized spacial score (nSPS) is 22.9. The summed E-state index contributed by atoms with van der Waals surface area (Å²) in [6.45, 7) is 6.54. The summed E-state index contributed by atoms with van der Waals surface area (Å²) in [6.07, 6.45) is 4.67. The van der Waals surface area contributed by atoms with Gasteiger partial charge in [0.25, 0.3) is 0 Å². The fraction of sp³-hybridized carbons (Fsp3) is 0.652. The molecule has 0 heterocycles. The van der Waals surface area contributed by atoms with Crippen molar-refractivity contribution in [3.05, 3.63) is 35.4 Å². The van der Waals surface area contributed by atoms with E-state index >= 15 is 0 Å². The maximum atomic E-state index is 12.4. The Bertz CT molecular complexity index is 627. The van der Waals surface area contributed by atoms with Gasteiger partial charge in [-0.05, 0) is 29.4 Å². The van der Waals surface area contributed by atoms with E-state index in [1.54, 1.807) is 0 Å². The van der Waals surface area contributed by atoms with Crippen molar-refractivity contribution >= 4 is 11.8 Å². The first kappa shape index (κ1) is 21.6. The molecular formula is C23H34O4. The highest BCUT2D eigenvalue weighted by Gasteiger charge is 2.41. The van der Waals surface area contributed by atoms with Gasteiger partial charge in [0, 0.05) is 24.7 Å². The third kappa shape index (κ3) is 5.90. The van der Waals surface area contributed by atoms with Crippen molar-refractivity contribution < 1.29 is 19.4 Å². The number of carbonyl (C=O) groups excluding carboxylic acids is 2. The number of ketones is 1. The van der Waals surface area contributed by atoms with Gasteiger partial charge < -0.3 is 9.84 Å². The SMILES string of the molecule is COC(=O)CCCCCCC1C(=O)CC(O)C1c1ccc(C(C)(C)C)cc1. The zero-order valence-electron chi connectivity index (χ0n) is 17.2. The summed E-state index contributed by atoms with van der Waals surface area (Å²) >= 11 is 0. The molecule has 3 atom stereocenters. The summed E-state index contributed by atoms with van der Waals surface area (Å²) in [6, 6.07) is 8.40. The van der Waals surface area contributed by atoms with Crippen LogP contribution in [0.3, 0.4) is 0 Å². The van der Waals surface area contributed by atoms with Crippen LogP contribution in [0.25, 0.3) is 0 Å². The topological polar surface area (TPSA) is 63.6 Å². The molecule has 1 aromatic rings. The van der Waals surface area contributed by atoms with Crippen LogP contribution in [0.5, 0.6) is 0 Å². The van der Waals surface area contributed by atoms with Gasteiger partial charge in [-0.3, -0.25) is 9.59 Å². The molecule has 4 heteroatoms. The lowest BCUT2D eigenvalue weighted by Gasteiger charge is -2.24. The van der Waals surface area contributed by atoms with Gasteiger partial charge in [0.2, 0.25) is 0 Å². The minimum atomic E-state index is -0.581.